The molecule has 2 aliphatic carbocycles. The van der Waals surface area contributed by atoms with Crippen molar-refractivity contribution >= 4 is 11.4 Å². The van der Waals surface area contributed by atoms with Crippen molar-refractivity contribution in [2.75, 3.05) is 0 Å². The molecular weight excluding hydrogens is 320 g/mol. The lowest BCUT2D eigenvalue weighted by Crippen LogP contribution is -2.15. The minimum atomic E-state index is -0.484. The highest BCUT2D eigenvalue weighted by Gasteiger charge is 2.29. The molecule has 4 rings (SSSR count). The standard InChI is InChI=1S/C20H14O5/c21-15-4-2-1-3-12(15)20-13-8-18(24)16(22)6-10(13)5-11-7-17(23)19(25)9-14(11)20/h1-4,6-9,21-22,24-25H,5H2. The molecule has 5 heteroatoms. The molecule has 0 spiro atoms. The Morgan fingerprint density at radius 1 is 0.800 bits per heavy atom. The summed E-state index contributed by atoms with van der Waals surface area (Å²) >= 11 is 0. The number of aliphatic hydroxyl groups excluding tert-OH is 1. The lowest BCUT2D eigenvalue weighted by atomic mass is 9.77. The van der Waals surface area contributed by atoms with Crippen LogP contribution in [0.1, 0.15) is 16.7 Å². The number of aliphatic hydroxyl groups is 1. The summed E-state index contributed by atoms with van der Waals surface area (Å²) in [6.07, 6.45) is 3.11. The lowest BCUT2D eigenvalue weighted by Gasteiger charge is -2.27. The molecule has 2 aromatic rings. The fourth-order valence-electron chi connectivity index (χ4n) is 3.31. The van der Waals surface area contributed by atoms with Crippen LogP contribution in [0.15, 0.2) is 65.5 Å². The van der Waals surface area contributed by atoms with Crippen LogP contribution in [0.4, 0.5) is 0 Å². The Hall–Kier alpha value is -3.47. The molecule has 5 nitrogen and oxygen atoms in total. The third-order valence-corrected chi connectivity index (χ3v) is 4.48. The van der Waals surface area contributed by atoms with E-state index in [1.54, 1.807) is 24.3 Å². The van der Waals surface area contributed by atoms with E-state index in [2.05, 4.69) is 0 Å². The van der Waals surface area contributed by atoms with Crippen LogP contribution in [0.2, 0.25) is 0 Å². The maximum atomic E-state index is 11.8. The summed E-state index contributed by atoms with van der Waals surface area (Å²) in [7, 11) is 0. The zero-order valence-electron chi connectivity index (χ0n) is 13.0. The van der Waals surface area contributed by atoms with Gasteiger partial charge in [0.05, 0.1) is 0 Å². The molecule has 124 valence electrons. The summed E-state index contributed by atoms with van der Waals surface area (Å²) < 4.78 is 0. The van der Waals surface area contributed by atoms with Crippen LogP contribution < -0.4 is 0 Å². The van der Waals surface area contributed by atoms with Gasteiger partial charge in [0.15, 0.2) is 17.3 Å². The first-order chi connectivity index (χ1) is 12.0. The Balaban J connectivity index is 2.10. The number of phenolic OH excluding ortho intramolecular Hbond substituents is 3. The Morgan fingerprint density at radius 2 is 1.52 bits per heavy atom. The molecule has 0 amide bonds. The van der Waals surface area contributed by atoms with E-state index < -0.39 is 5.78 Å². The molecule has 0 saturated carbocycles. The van der Waals surface area contributed by atoms with Gasteiger partial charge >= 0.3 is 0 Å². The molecule has 2 aliphatic rings. The zero-order valence-corrected chi connectivity index (χ0v) is 13.0. The van der Waals surface area contributed by atoms with E-state index in [1.165, 1.54) is 24.3 Å². The molecule has 0 aliphatic heterocycles. The van der Waals surface area contributed by atoms with Crippen molar-refractivity contribution < 1.29 is 25.2 Å². The van der Waals surface area contributed by atoms with Gasteiger partial charge < -0.3 is 20.4 Å². The van der Waals surface area contributed by atoms with Gasteiger partial charge in [0.2, 0.25) is 5.78 Å². The van der Waals surface area contributed by atoms with Crippen LogP contribution in [0.25, 0.3) is 5.57 Å². The summed E-state index contributed by atoms with van der Waals surface area (Å²) in [6.45, 7) is 0. The highest BCUT2D eigenvalue weighted by Crippen LogP contribution is 2.45. The van der Waals surface area contributed by atoms with Crippen molar-refractivity contribution in [1.82, 2.24) is 0 Å². The fraction of sp³-hybridized carbons (Fsp3) is 0.0500. The first kappa shape index (κ1) is 15.1. The van der Waals surface area contributed by atoms with Gasteiger partial charge in [-0.25, -0.2) is 0 Å². The Bertz CT molecular complexity index is 1020. The largest absolute Gasteiger partial charge is 0.507 e. The SMILES string of the molecule is O=C1C=C2Cc3cc(O)c(O)cc3C(c3ccccc3O)=C2C=C1O. The van der Waals surface area contributed by atoms with E-state index in [-0.39, 0.29) is 23.0 Å². The first-order valence-electron chi connectivity index (χ1n) is 7.69. The molecule has 4 N–H and O–H groups in total. The second-order valence-electron chi connectivity index (χ2n) is 6.04. The maximum absolute atomic E-state index is 11.8. The van der Waals surface area contributed by atoms with Crippen molar-refractivity contribution in [3.05, 3.63) is 82.1 Å². The third kappa shape index (κ3) is 2.29. The number of phenols is 3. The molecule has 0 heterocycles. The minimum Gasteiger partial charge on any atom is -0.507 e. The van der Waals surface area contributed by atoms with E-state index >= 15 is 0 Å². The van der Waals surface area contributed by atoms with Crippen molar-refractivity contribution in [3.63, 3.8) is 0 Å². The van der Waals surface area contributed by atoms with Gasteiger partial charge in [0.1, 0.15) is 5.75 Å². The van der Waals surface area contributed by atoms with Crippen LogP contribution in [0.3, 0.4) is 0 Å². The number of ketones is 1. The molecule has 25 heavy (non-hydrogen) atoms. The van der Waals surface area contributed by atoms with Gasteiger partial charge in [-0.1, -0.05) is 18.2 Å². The summed E-state index contributed by atoms with van der Waals surface area (Å²) in [4.78, 5) is 11.8. The molecular formula is C20H14O5. The van der Waals surface area contributed by atoms with Gasteiger partial charge in [-0.05, 0) is 59.0 Å². The number of allylic oxidation sites excluding steroid dienone is 4. The molecule has 0 radical (unpaired) electrons. The number of benzene rings is 2. The predicted molar refractivity (Wildman–Crippen MR) is 91.4 cm³/mol. The number of carbonyl (C=O) groups is 1. The van der Waals surface area contributed by atoms with Gasteiger partial charge in [-0.2, -0.15) is 0 Å². The Morgan fingerprint density at radius 3 is 2.28 bits per heavy atom. The molecule has 0 atom stereocenters. The van der Waals surface area contributed by atoms with Gasteiger partial charge in [0, 0.05) is 11.1 Å². The predicted octanol–water partition coefficient (Wildman–Crippen LogP) is 3.11. The Labute approximate surface area is 143 Å². The van der Waals surface area contributed by atoms with E-state index in [1.807, 2.05) is 0 Å². The number of hydrogen-bond acceptors (Lipinski definition) is 5. The lowest BCUT2D eigenvalue weighted by molar-refractivity contribution is -0.113. The second kappa shape index (κ2) is 5.27. The van der Waals surface area contributed by atoms with Crippen molar-refractivity contribution in [3.8, 4) is 17.2 Å². The van der Waals surface area contributed by atoms with Crippen LogP contribution >= 0.6 is 0 Å². The van der Waals surface area contributed by atoms with Gasteiger partial charge in [-0.15, -0.1) is 0 Å². The van der Waals surface area contributed by atoms with Crippen molar-refractivity contribution in [1.29, 1.82) is 0 Å². The number of para-hydroxylation sites is 1. The highest BCUT2D eigenvalue weighted by molar-refractivity contribution is 6.07. The fourth-order valence-corrected chi connectivity index (χ4v) is 3.31. The van der Waals surface area contributed by atoms with Gasteiger partial charge in [0.25, 0.3) is 0 Å². The minimum absolute atomic E-state index is 0.0366. The van der Waals surface area contributed by atoms with Gasteiger partial charge in [-0.3, -0.25) is 4.79 Å². The zero-order chi connectivity index (χ0) is 17.7. The normalized spacial score (nSPS) is 16.1. The average Bonchev–Trinajstić information content (AvgIpc) is 2.57. The summed E-state index contributed by atoms with van der Waals surface area (Å²) in [5.74, 6) is -1.35. The number of fused-ring (bicyclic) bond motifs is 2. The smallest absolute Gasteiger partial charge is 0.220 e. The van der Waals surface area contributed by atoms with Crippen molar-refractivity contribution in [2.45, 2.75) is 6.42 Å². The third-order valence-electron chi connectivity index (χ3n) is 4.48. The molecule has 0 aromatic heterocycles. The molecule has 2 aromatic carbocycles. The number of rotatable bonds is 1. The summed E-state index contributed by atoms with van der Waals surface area (Å²) in [6, 6.07) is 9.59. The molecule has 0 bridgehead atoms. The second-order valence-corrected chi connectivity index (χ2v) is 6.04. The van der Waals surface area contributed by atoms with Crippen LogP contribution in [0, 0.1) is 0 Å². The monoisotopic (exact) mass is 334 g/mol. The van der Waals surface area contributed by atoms with Crippen LogP contribution in [0.5, 0.6) is 17.2 Å². The van der Waals surface area contributed by atoms with Crippen LogP contribution in [-0.2, 0) is 11.2 Å². The first-order valence-corrected chi connectivity index (χ1v) is 7.69. The van der Waals surface area contributed by atoms with E-state index in [0.29, 0.717) is 39.8 Å². The molecule has 0 saturated heterocycles. The number of hydrogen-bond donors (Lipinski definition) is 4. The molecule has 0 unspecified atom stereocenters. The van der Waals surface area contributed by atoms with E-state index in [9.17, 15) is 25.2 Å². The van der Waals surface area contributed by atoms with E-state index in [4.69, 9.17) is 0 Å². The van der Waals surface area contributed by atoms with E-state index in [0.717, 1.165) is 0 Å². The molecule has 0 fully saturated rings. The highest BCUT2D eigenvalue weighted by atomic mass is 16.3. The number of carbonyl (C=O) groups excluding carboxylic acids is 1. The Kier molecular flexibility index (Phi) is 3.18. The summed E-state index contributed by atoms with van der Waals surface area (Å²) in [5, 5.41) is 39.9. The number of aromatic hydroxyl groups is 3. The summed E-state index contributed by atoms with van der Waals surface area (Å²) in [5.41, 5.74) is 3.72. The van der Waals surface area contributed by atoms with Crippen LogP contribution in [-0.4, -0.2) is 26.2 Å². The maximum Gasteiger partial charge on any atom is 0.220 e. The average molecular weight is 334 g/mol. The quantitative estimate of drug-likeness (QED) is 0.601. The van der Waals surface area contributed by atoms with Crippen molar-refractivity contribution in [2.24, 2.45) is 0 Å². The topological polar surface area (TPSA) is 98.0 Å².